The van der Waals surface area contributed by atoms with E-state index in [1.165, 1.54) is 12.8 Å². The molecule has 2 aromatic rings. The number of nitrogens with one attached hydrogen (secondary N) is 3. The fourth-order valence-electron chi connectivity index (χ4n) is 3.97. The number of amides is 1. The predicted octanol–water partition coefficient (Wildman–Crippen LogP) is 2.94. The van der Waals surface area contributed by atoms with Crippen LogP contribution in [0.3, 0.4) is 0 Å². The Morgan fingerprint density at radius 2 is 1.87 bits per heavy atom. The van der Waals surface area contributed by atoms with Crippen LogP contribution in [0.15, 0.2) is 36.5 Å². The van der Waals surface area contributed by atoms with E-state index in [0.717, 1.165) is 29.8 Å². The maximum Gasteiger partial charge on any atom is 0.224 e. The molecule has 120 valence electrons. The smallest absolute Gasteiger partial charge is 0.224 e. The van der Waals surface area contributed by atoms with Crippen molar-refractivity contribution in [2.75, 3.05) is 5.32 Å². The third kappa shape index (κ3) is 3.29. The Bertz CT molecular complexity index is 653. The number of aromatic nitrogens is 2. The van der Waals surface area contributed by atoms with E-state index in [4.69, 9.17) is 0 Å². The van der Waals surface area contributed by atoms with Crippen molar-refractivity contribution in [2.45, 2.75) is 44.2 Å². The fourth-order valence-corrected chi connectivity index (χ4v) is 3.97. The van der Waals surface area contributed by atoms with E-state index in [1.807, 2.05) is 30.3 Å². The summed E-state index contributed by atoms with van der Waals surface area (Å²) in [7, 11) is 0. The SMILES string of the molecule is O=C(CC1CC2CCC(C1)N2)Nc1ccc(-c2ccn[nH]2)cc1. The molecule has 0 spiro atoms. The molecule has 23 heavy (non-hydrogen) atoms. The number of rotatable bonds is 4. The minimum Gasteiger partial charge on any atom is -0.326 e. The van der Waals surface area contributed by atoms with Crippen LogP contribution in [0.25, 0.3) is 11.3 Å². The van der Waals surface area contributed by atoms with Gasteiger partial charge in [0.2, 0.25) is 5.91 Å². The number of piperidine rings is 1. The third-order valence-electron chi connectivity index (χ3n) is 5.03. The van der Waals surface area contributed by atoms with Crippen LogP contribution in [0, 0.1) is 5.92 Å². The van der Waals surface area contributed by atoms with Gasteiger partial charge < -0.3 is 10.6 Å². The number of hydrogen-bond acceptors (Lipinski definition) is 3. The highest BCUT2D eigenvalue weighted by atomic mass is 16.1. The topological polar surface area (TPSA) is 69.8 Å². The van der Waals surface area contributed by atoms with Gasteiger partial charge in [0, 0.05) is 30.4 Å². The molecule has 1 aromatic carbocycles. The van der Waals surface area contributed by atoms with Crippen LogP contribution in [0.5, 0.6) is 0 Å². The zero-order valence-corrected chi connectivity index (χ0v) is 13.1. The highest BCUT2D eigenvalue weighted by molar-refractivity contribution is 5.91. The molecule has 5 nitrogen and oxygen atoms in total. The molecule has 0 aliphatic carbocycles. The summed E-state index contributed by atoms with van der Waals surface area (Å²) < 4.78 is 0. The molecule has 2 unspecified atom stereocenters. The summed E-state index contributed by atoms with van der Waals surface area (Å²) in [6.07, 6.45) is 7.20. The Morgan fingerprint density at radius 1 is 1.13 bits per heavy atom. The van der Waals surface area contributed by atoms with Crippen molar-refractivity contribution in [2.24, 2.45) is 5.92 Å². The van der Waals surface area contributed by atoms with Crippen LogP contribution in [-0.4, -0.2) is 28.2 Å². The number of carbonyl (C=O) groups excluding carboxylic acids is 1. The maximum atomic E-state index is 12.3. The lowest BCUT2D eigenvalue weighted by atomic mass is 9.89. The van der Waals surface area contributed by atoms with Gasteiger partial charge in [0.25, 0.3) is 0 Å². The first-order valence-electron chi connectivity index (χ1n) is 8.42. The predicted molar refractivity (Wildman–Crippen MR) is 89.9 cm³/mol. The zero-order valence-electron chi connectivity index (χ0n) is 13.1. The molecule has 2 fully saturated rings. The van der Waals surface area contributed by atoms with Gasteiger partial charge in [0.15, 0.2) is 0 Å². The van der Waals surface area contributed by atoms with Crippen LogP contribution in [0.2, 0.25) is 0 Å². The number of H-pyrrole nitrogens is 1. The van der Waals surface area contributed by atoms with Crippen LogP contribution >= 0.6 is 0 Å². The van der Waals surface area contributed by atoms with Gasteiger partial charge in [0.05, 0.1) is 5.69 Å². The van der Waals surface area contributed by atoms with Crippen LogP contribution in [-0.2, 0) is 4.79 Å². The molecular weight excluding hydrogens is 288 g/mol. The molecule has 2 aliphatic rings. The molecule has 3 heterocycles. The number of aromatic amines is 1. The second kappa shape index (κ2) is 6.16. The Kier molecular flexibility index (Phi) is 3.87. The molecule has 2 atom stereocenters. The van der Waals surface area contributed by atoms with E-state index in [0.29, 0.717) is 24.4 Å². The monoisotopic (exact) mass is 310 g/mol. The molecule has 4 rings (SSSR count). The van der Waals surface area contributed by atoms with Crippen molar-refractivity contribution in [3.05, 3.63) is 36.5 Å². The number of nitrogens with zero attached hydrogens (tertiary/aromatic N) is 1. The number of fused-ring (bicyclic) bond motifs is 2. The van der Waals surface area contributed by atoms with Crippen molar-refractivity contribution < 1.29 is 4.79 Å². The van der Waals surface area contributed by atoms with Gasteiger partial charge in [-0.05, 0) is 55.4 Å². The highest BCUT2D eigenvalue weighted by Gasteiger charge is 2.34. The minimum atomic E-state index is 0.130. The summed E-state index contributed by atoms with van der Waals surface area (Å²) in [5, 5.41) is 13.5. The second-order valence-electron chi connectivity index (χ2n) is 6.78. The van der Waals surface area contributed by atoms with Gasteiger partial charge in [-0.25, -0.2) is 0 Å². The second-order valence-corrected chi connectivity index (χ2v) is 6.78. The van der Waals surface area contributed by atoms with Crippen molar-refractivity contribution >= 4 is 11.6 Å². The van der Waals surface area contributed by atoms with Crippen LogP contribution in [0.4, 0.5) is 5.69 Å². The largest absolute Gasteiger partial charge is 0.326 e. The number of hydrogen-bond donors (Lipinski definition) is 3. The standard InChI is InChI=1S/C18H22N4O/c23-18(11-12-9-15-5-6-16(10-12)20-15)21-14-3-1-13(2-4-14)17-7-8-19-22-17/h1-4,7-8,12,15-16,20H,5-6,9-11H2,(H,19,22)(H,21,23). The molecule has 2 bridgehead atoms. The summed E-state index contributed by atoms with van der Waals surface area (Å²) in [5.41, 5.74) is 2.90. The molecule has 1 aromatic heterocycles. The number of carbonyl (C=O) groups is 1. The number of anilines is 1. The molecule has 2 saturated heterocycles. The summed E-state index contributed by atoms with van der Waals surface area (Å²) in [5.74, 6) is 0.656. The van der Waals surface area contributed by atoms with Gasteiger partial charge in [-0.2, -0.15) is 5.10 Å². The van der Waals surface area contributed by atoms with E-state index in [2.05, 4.69) is 20.8 Å². The van der Waals surface area contributed by atoms with Crippen molar-refractivity contribution in [1.82, 2.24) is 15.5 Å². The van der Waals surface area contributed by atoms with Gasteiger partial charge in [-0.15, -0.1) is 0 Å². The molecule has 1 amide bonds. The normalized spacial score (nSPS) is 26.2. The first-order valence-corrected chi connectivity index (χ1v) is 8.42. The Labute approximate surface area is 135 Å². The Balaban J connectivity index is 1.33. The lowest BCUT2D eigenvalue weighted by Crippen LogP contribution is -2.39. The summed E-state index contributed by atoms with van der Waals surface area (Å²) in [6.45, 7) is 0. The van der Waals surface area contributed by atoms with Crippen molar-refractivity contribution in [1.29, 1.82) is 0 Å². The molecule has 0 saturated carbocycles. The van der Waals surface area contributed by atoms with E-state index in [9.17, 15) is 4.79 Å². The first-order chi connectivity index (χ1) is 11.3. The molecule has 5 heteroatoms. The van der Waals surface area contributed by atoms with Crippen molar-refractivity contribution in [3.63, 3.8) is 0 Å². The van der Waals surface area contributed by atoms with Crippen LogP contribution < -0.4 is 10.6 Å². The lowest BCUT2D eigenvalue weighted by molar-refractivity contribution is -0.117. The maximum absolute atomic E-state index is 12.3. The third-order valence-corrected chi connectivity index (χ3v) is 5.03. The molecule has 2 aliphatic heterocycles. The van der Waals surface area contributed by atoms with E-state index in [-0.39, 0.29) is 5.91 Å². The van der Waals surface area contributed by atoms with E-state index in [1.54, 1.807) is 6.20 Å². The Hall–Kier alpha value is -2.14. The van der Waals surface area contributed by atoms with Crippen LogP contribution in [0.1, 0.15) is 32.1 Å². The van der Waals surface area contributed by atoms with E-state index >= 15 is 0 Å². The Morgan fingerprint density at radius 3 is 2.52 bits per heavy atom. The highest BCUT2D eigenvalue weighted by Crippen LogP contribution is 2.32. The fraction of sp³-hybridized carbons (Fsp3) is 0.444. The zero-order chi connectivity index (χ0) is 15.6. The summed E-state index contributed by atoms with van der Waals surface area (Å²) in [6, 6.07) is 11.1. The molecular formula is C18H22N4O. The van der Waals surface area contributed by atoms with Crippen molar-refractivity contribution in [3.8, 4) is 11.3 Å². The molecule has 3 N–H and O–H groups in total. The summed E-state index contributed by atoms with van der Waals surface area (Å²) >= 11 is 0. The average molecular weight is 310 g/mol. The van der Waals surface area contributed by atoms with Gasteiger partial charge in [0.1, 0.15) is 0 Å². The lowest BCUT2D eigenvalue weighted by Gasteiger charge is -2.28. The van der Waals surface area contributed by atoms with Gasteiger partial charge in [-0.1, -0.05) is 12.1 Å². The first kappa shape index (κ1) is 14.5. The van der Waals surface area contributed by atoms with Gasteiger partial charge in [-0.3, -0.25) is 9.89 Å². The quantitative estimate of drug-likeness (QED) is 0.813. The molecule has 0 radical (unpaired) electrons. The minimum absolute atomic E-state index is 0.130. The average Bonchev–Trinajstić information content (AvgIpc) is 3.18. The summed E-state index contributed by atoms with van der Waals surface area (Å²) in [4.78, 5) is 12.3. The van der Waals surface area contributed by atoms with Gasteiger partial charge >= 0.3 is 0 Å². The number of benzene rings is 1. The van der Waals surface area contributed by atoms with E-state index < -0.39 is 0 Å².